The predicted octanol–water partition coefficient (Wildman–Crippen LogP) is 1.07. The molecule has 0 aromatic heterocycles. The number of carbonyl (C=O) groups excluding carboxylic acids is 3. The number of amides is 2. The maximum absolute atomic E-state index is 12.6. The van der Waals surface area contributed by atoms with Gasteiger partial charge in [0.2, 0.25) is 5.91 Å². The fraction of sp³-hybridized carbons (Fsp3) is 0.333. The lowest BCUT2D eigenvalue weighted by molar-refractivity contribution is -0.150. The molecule has 1 fully saturated rings. The Morgan fingerprint density at radius 3 is 2.55 bits per heavy atom. The van der Waals surface area contributed by atoms with E-state index in [2.05, 4.69) is 5.32 Å². The number of thioether (sulfide) groups is 1. The van der Waals surface area contributed by atoms with E-state index >= 15 is 0 Å². The van der Waals surface area contributed by atoms with Crippen LogP contribution in [0.4, 0.5) is 5.69 Å². The van der Waals surface area contributed by atoms with Crippen LogP contribution in [0, 0.1) is 0 Å². The second kappa shape index (κ2) is 9.25. The lowest BCUT2D eigenvalue weighted by atomic mass is 10.0. The van der Waals surface area contributed by atoms with Crippen molar-refractivity contribution in [3.8, 4) is 0 Å². The Morgan fingerprint density at radius 2 is 1.97 bits per heavy atom. The predicted molar refractivity (Wildman–Crippen MR) is 116 cm³/mol. The number of aliphatic carboxylic acids is 1. The van der Waals surface area contributed by atoms with Crippen molar-refractivity contribution >= 4 is 47.3 Å². The molecule has 0 spiro atoms. The standard InChI is InChI=1S/C21H23N3O6S/c1-12(25)30-10-14-11-31-20-17(19(27)24(20)18(14)21(28)29)22-16(26)9-6-13-4-7-15(8-5-13)23(2)3/h4-9,17,20H,10-11H2,1-3H3,(H,22,26)(H,28,29). The van der Waals surface area contributed by atoms with Gasteiger partial charge >= 0.3 is 11.9 Å². The van der Waals surface area contributed by atoms with Crippen molar-refractivity contribution in [1.29, 1.82) is 0 Å². The number of carboxylic acids is 1. The Kier molecular flexibility index (Phi) is 6.69. The van der Waals surface area contributed by atoms with E-state index in [1.165, 1.54) is 24.8 Å². The minimum atomic E-state index is -1.27. The number of benzene rings is 1. The third kappa shape index (κ3) is 4.91. The van der Waals surface area contributed by atoms with Crippen LogP contribution in [0.1, 0.15) is 12.5 Å². The van der Waals surface area contributed by atoms with Gasteiger partial charge in [-0.15, -0.1) is 11.8 Å². The summed E-state index contributed by atoms with van der Waals surface area (Å²) in [5.74, 6) is -2.47. The number of β-lactam (4-membered cyclic amide) rings is 1. The molecule has 2 aliphatic rings. The number of nitrogens with one attached hydrogen (secondary N) is 1. The number of rotatable bonds is 7. The van der Waals surface area contributed by atoms with Gasteiger partial charge in [-0.05, 0) is 23.8 Å². The van der Waals surface area contributed by atoms with Crippen molar-refractivity contribution in [3.63, 3.8) is 0 Å². The fourth-order valence-corrected chi connectivity index (χ4v) is 4.57. The molecule has 164 valence electrons. The molecule has 0 saturated carbocycles. The number of ether oxygens (including phenoxy) is 1. The monoisotopic (exact) mass is 445 g/mol. The first-order valence-electron chi connectivity index (χ1n) is 9.48. The zero-order valence-electron chi connectivity index (χ0n) is 17.3. The number of carbonyl (C=O) groups is 4. The second-order valence-electron chi connectivity index (χ2n) is 7.25. The summed E-state index contributed by atoms with van der Waals surface area (Å²) >= 11 is 1.32. The van der Waals surface area contributed by atoms with Crippen molar-refractivity contribution in [2.45, 2.75) is 18.3 Å². The Labute approximate surface area is 183 Å². The van der Waals surface area contributed by atoms with E-state index in [0.717, 1.165) is 16.2 Å². The number of nitrogens with zero attached hydrogens (tertiary/aromatic N) is 2. The molecule has 2 heterocycles. The number of fused-ring (bicyclic) bond motifs is 1. The van der Waals surface area contributed by atoms with Gasteiger partial charge in [-0.25, -0.2) is 4.79 Å². The Morgan fingerprint density at radius 1 is 1.29 bits per heavy atom. The summed E-state index contributed by atoms with van der Waals surface area (Å²) in [6.07, 6.45) is 2.98. The third-order valence-corrected chi connectivity index (χ3v) is 6.17. The van der Waals surface area contributed by atoms with Gasteiger partial charge in [-0.1, -0.05) is 12.1 Å². The van der Waals surface area contributed by atoms with Gasteiger partial charge in [0.15, 0.2) is 0 Å². The number of carboxylic acid groups (broad SMARTS) is 1. The molecule has 9 nitrogen and oxygen atoms in total. The molecule has 1 saturated heterocycles. The van der Waals surface area contributed by atoms with Crippen LogP contribution in [0.3, 0.4) is 0 Å². The molecule has 3 rings (SSSR count). The van der Waals surface area contributed by atoms with Crippen LogP contribution in [-0.2, 0) is 23.9 Å². The van der Waals surface area contributed by atoms with E-state index in [-0.39, 0.29) is 18.1 Å². The average molecular weight is 445 g/mol. The highest BCUT2D eigenvalue weighted by atomic mass is 32.2. The van der Waals surface area contributed by atoms with Crippen molar-refractivity contribution in [3.05, 3.63) is 47.2 Å². The summed E-state index contributed by atoms with van der Waals surface area (Å²) in [7, 11) is 3.87. The van der Waals surface area contributed by atoms with Crippen LogP contribution >= 0.6 is 11.8 Å². The molecule has 2 N–H and O–H groups in total. The average Bonchev–Trinajstić information content (AvgIpc) is 2.73. The number of anilines is 1. The topological polar surface area (TPSA) is 116 Å². The Balaban J connectivity index is 1.64. The molecule has 2 amide bonds. The van der Waals surface area contributed by atoms with E-state index in [4.69, 9.17) is 4.74 Å². The van der Waals surface area contributed by atoms with Gasteiger partial charge in [0.25, 0.3) is 5.91 Å². The molecule has 2 unspecified atom stereocenters. The molecule has 2 aliphatic heterocycles. The number of esters is 1. The number of hydrogen-bond acceptors (Lipinski definition) is 7. The summed E-state index contributed by atoms with van der Waals surface area (Å²) < 4.78 is 4.90. The zero-order valence-corrected chi connectivity index (χ0v) is 18.1. The zero-order chi connectivity index (χ0) is 22.7. The largest absolute Gasteiger partial charge is 0.477 e. The van der Waals surface area contributed by atoms with Crippen molar-refractivity contribution in [2.75, 3.05) is 31.4 Å². The van der Waals surface area contributed by atoms with Crippen molar-refractivity contribution in [1.82, 2.24) is 10.2 Å². The summed E-state index contributed by atoms with van der Waals surface area (Å²) in [4.78, 5) is 50.7. The quantitative estimate of drug-likeness (QED) is 0.364. The number of hydrogen-bond donors (Lipinski definition) is 2. The van der Waals surface area contributed by atoms with Gasteiger partial charge in [0, 0.05) is 44.1 Å². The minimum absolute atomic E-state index is 0.183. The molecule has 31 heavy (non-hydrogen) atoms. The van der Waals surface area contributed by atoms with Gasteiger partial charge in [-0.2, -0.15) is 0 Å². The maximum atomic E-state index is 12.6. The summed E-state index contributed by atoms with van der Waals surface area (Å²) in [5, 5.41) is 11.7. The molecule has 1 aromatic carbocycles. The van der Waals surface area contributed by atoms with Gasteiger partial charge in [-0.3, -0.25) is 19.3 Å². The van der Waals surface area contributed by atoms with Crippen molar-refractivity contribution in [2.24, 2.45) is 0 Å². The molecule has 0 radical (unpaired) electrons. The van der Waals surface area contributed by atoms with Gasteiger partial charge < -0.3 is 20.1 Å². The minimum Gasteiger partial charge on any atom is -0.477 e. The van der Waals surface area contributed by atoms with Crippen LogP contribution in [-0.4, -0.2) is 71.6 Å². The van der Waals surface area contributed by atoms with Crippen molar-refractivity contribution < 1.29 is 29.0 Å². The summed E-state index contributed by atoms with van der Waals surface area (Å²) in [5.41, 5.74) is 2.03. The molecule has 0 aliphatic carbocycles. The second-order valence-corrected chi connectivity index (χ2v) is 8.36. The highest BCUT2D eigenvalue weighted by Crippen LogP contribution is 2.40. The first kappa shape index (κ1) is 22.4. The SMILES string of the molecule is CC(=O)OCC1=C(C(=O)O)N2C(=O)C(NC(=O)C=Cc3ccc(N(C)C)cc3)C2SC1. The van der Waals surface area contributed by atoms with Crippen LogP contribution in [0.5, 0.6) is 0 Å². The van der Waals surface area contributed by atoms with E-state index in [1.807, 2.05) is 43.3 Å². The fourth-order valence-electron chi connectivity index (χ4n) is 3.24. The molecule has 10 heteroatoms. The molecule has 2 atom stereocenters. The van der Waals surface area contributed by atoms with Gasteiger partial charge in [0.1, 0.15) is 23.7 Å². The first-order chi connectivity index (χ1) is 14.7. The molecule has 0 bridgehead atoms. The molecular weight excluding hydrogens is 422 g/mol. The van der Waals surface area contributed by atoms with Crippen LogP contribution in [0.25, 0.3) is 6.08 Å². The Bertz CT molecular complexity index is 970. The highest BCUT2D eigenvalue weighted by Gasteiger charge is 2.54. The maximum Gasteiger partial charge on any atom is 0.352 e. The summed E-state index contributed by atoms with van der Waals surface area (Å²) in [6.45, 7) is 1.04. The van der Waals surface area contributed by atoms with E-state index in [1.54, 1.807) is 6.08 Å². The third-order valence-electron chi connectivity index (χ3n) is 4.83. The lowest BCUT2D eigenvalue weighted by Gasteiger charge is -2.49. The smallest absolute Gasteiger partial charge is 0.352 e. The van der Waals surface area contributed by atoms with E-state index in [9.17, 15) is 24.3 Å². The van der Waals surface area contributed by atoms with Crippen LogP contribution in [0.15, 0.2) is 41.6 Å². The first-order valence-corrected chi connectivity index (χ1v) is 10.5. The lowest BCUT2D eigenvalue weighted by Crippen LogP contribution is -2.70. The van der Waals surface area contributed by atoms with E-state index < -0.39 is 35.2 Å². The van der Waals surface area contributed by atoms with Crippen LogP contribution < -0.4 is 10.2 Å². The summed E-state index contributed by atoms with van der Waals surface area (Å²) in [6, 6.07) is 6.79. The molecular formula is C21H23N3O6S. The Hall–Kier alpha value is -3.27. The highest BCUT2D eigenvalue weighted by molar-refractivity contribution is 8.00. The van der Waals surface area contributed by atoms with Crippen LogP contribution in [0.2, 0.25) is 0 Å². The normalized spacial score (nSPS) is 20.2. The van der Waals surface area contributed by atoms with E-state index in [0.29, 0.717) is 5.57 Å². The van der Waals surface area contributed by atoms with Gasteiger partial charge in [0.05, 0.1) is 0 Å². The molecule has 1 aromatic rings.